The van der Waals surface area contributed by atoms with E-state index in [1.54, 1.807) is 18.2 Å². The van der Waals surface area contributed by atoms with E-state index in [1.807, 2.05) is 32.9 Å². The summed E-state index contributed by atoms with van der Waals surface area (Å²) in [6, 6.07) is 9.21. The van der Waals surface area contributed by atoms with Crippen LogP contribution in [0.2, 0.25) is 0 Å². The van der Waals surface area contributed by atoms with Crippen LogP contribution in [0.5, 0.6) is 17.2 Å². The summed E-state index contributed by atoms with van der Waals surface area (Å²) in [5.74, 6) is 0.795. The van der Waals surface area contributed by atoms with Crippen LogP contribution in [0.15, 0.2) is 30.3 Å². The van der Waals surface area contributed by atoms with E-state index in [2.05, 4.69) is 5.32 Å². The first-order chi connectivity index (χ1) is 13.3. The number of nitrogens with one attached hydrogen (secondary N) is 1. The van der Waals surface area contributed by atoms with Crippen molar-refractivity contribution in [2.45, 2.75) is 27.3 Å². The number of amides is 2. The molecule has 2 amide bonds. The summed E-state index contributed by atoms with van der Waals surface area (Å²) in [5.41, 5.74) is 9.05. The lowest BCUT2D eigenvalue weighted by Gasteiger charge is -2.14. The summed E-state index contributed by atoms with van der Waals surface area (Å²) in [7, 11) is 1.49. The molecule has 28 heavy (non-hydrogen) atoms. The molecular weight excluding hydrogens is 360 g/mol. The van der Waals surface area contributed by atoms with Gasteiger partial charge in [-0.15, -0.1) is 0 Å². The van der Waals surface area contributed by atoms with Crippen LogP contribution in [0.1, 0.15) is 22.3 Å². The number of rotatable bonds is 9. The number of methoxy groups -OCH3 is 1. The number of benzene rings is 2. The third-order valence-corrected chi connectivity index (χ3v) is 4.04. The molecule has 0 aliphatic carbocycles. The lowest BCUT2D eigenvalue weighted by Crippen LogP contribution is -2.28. The Kier molecular flexibility index (Phi) is 7.26. The molecular formula is C21H26N2O5. The van der Waals surface area contributed by atoms with E-state index >= 15 is 0 Å². The molecule has 3 N–H and O–H groups in total. The highest BCUT2D eigenvalue weighted by Gasteiger charge is 2.10. The van der Waals surface area contributed by atoms with E-state index in [-0.39, 0.29) is 19.1 Å². The second-order valence-electron chi connectivity index (χ2n) is 6.53. The molecule has 7 nitrogen and oxygen atoms in total. The molecule has 2 aromatic rings. The van der Waals surface area contributed by atoms with Crippen molar-refractivity contribution in [1.29, 1.82) is 0 Å². The Bertz CT molecular complexity index is 841. The van der Waals surface area contributed by atoms with E-state index in [0.29, 0.717) is 18.0 Å². The van der Waals surface area contributed by atoms with Crippen LogP contribution in [-0.4, -0.2) is 32.1 Å². The Morgan fingerprint density at radius 3 is 2.25 bits per heavy atom. The predicted molar refractivity (Wildman–Crippen MR) is 106 cm³/mol. The van der Waals surface area contributed by atoms with Gasteiger partial charge in [0.2, 0.25) is 0 Å². The molecule has 0 atom stereocenters. The minimum atomic E-state index is -0.572. The highest BCUT2D eigenvalue weighted by molar-refractivity contribution is 5.77. The van der Waals surface area contributed by atoms with Gasteiger partial charge in [0.1, 0.15) is 5.75 Å². The van der Waals surface area contributed by atoms with Gasteiger partial charge in [-0.05, 0) is 49.6 Å². The summed E-state index contributed by atoms with van der Waals surface area (Å²) in [6.45, 7) is 5.95. The zero-order valence-corrected chi connectivity index (χ0v) is 16.6. The van der Waals surface area contributed by atoms with Gasteiger partial charge in [-0.1, -0.05) is 23.8 Å². The Hall–Kier alpha value is -3.22. The number of primary amides is 1. The van der Waals surface area contributed by atoms with Crippen LogP contribution >= 0.6 is 0 Å². The van der Waals surface area contributed by atoms with Crippen LogP contribution in [0.4, 0.5) is 0 Å². The van der Waals surface area contributed by atoms with Crippen molar-refractivity contribution in [2.75, 3.05) is 20.3 Å². The molecule has 0 saturated heterocycles. The lowest BCUT2D eigenvalue weighted by molar-refractivity contribution is -0.123. The van der Waals surface area contributed by atoms with Gasteiger partial charge < -0.3 is 25.3 Å². The van der Waals surface area contributed by atoms with Crippen LogP contribution in [0.3, 0.4) is 0 Å². The maximum atomic E-state index is 12.1. The van der Waals surface area contributed by atoms with E-state index in [0.717, 1.165) is 28.0 Å². The Morgan fingerprint density at radius 2 is 1.64 bits per heavy atom. The van der Waals surface area contributed by atoms with Crippen LogP contribution < -0.4 is 25.3 Å². The zero-order chi connectivity index (χ0) is 20.7. The lowest BCUT2D eigenvalue weighted by atomic mass is 10.1. The average molecular weight is 386 g/mol. The number of carbonyl (C=O) groups excluding carboxylic acids is 2. The minimum Gasteiger partial charge on any atom is -0.493 e. The molecule has 0 aromatic heterocycles. The van der Waals surface area contributed by atoms with Crippen molar-refractivity contribution in [3.05, 3.63) is 52.6 Å². The molecule has 0 spiro atoms. The number of aryl methyl sites for hydroxylation is 3. The second-order valence-corrected chi connectivity index (χ2v) is 6.53. The average Bonchev–Trinajstić information content (AvgIpc) is 2.63. The monoisotopic (exact) mass is 386 g/mol. The highest BCUT2D eigenvalue weighted by atomic mass is 16.5. The maximum absolute atomic E-state index is 12.1. The van der Waals surface area contributed by atoms with Crippen molar-refractivity contribution in [3.63, 3.8) is 0 Å². The SMILES string of the molecule is COc1cc(CNC(=O)COc2c(C)cc(C)cc2C)ccc1OCC(N)=O. The molecule has 0 bridgehead atoms. The minimum absolute atomic E-state index is 0.0678. The Morgan fingerprint density at radius 1 is 0.964 bits per heavy atom. The molecule has 0 fully saturated rings. The van der Waals surface area contributed by atoms with E-state index < -0.39 is 5.91 Å². The topological polar surface area (TPSA) is 99.9 Å². The Labute approximate surface area is 164 Å². The summed E-state index contributed by atoms with van der Waals surface area (Å²) in [4.78, 5) is 23.0. The first-order valence-electron chi connectivity index (χ1n) is 8.85. The standard InChI is InChI=1S/C21H26N2O5/c1-13-7-14(2)21(15(3)8-13)28-12-20(25)23-10-16-5-6-17(18(9-16)26-4)27-11-19(22)24/h5-9H,10-12H2,1-4H3,(H2,22,24)(H,23,25). The first-order valence-corrected chi connectivity index (χ1v) is 8.85. The van der Waals surface area contributed by atoms with Crippen molar-refractivity contribution >= 4 is 11.8 Å². The molecule has 0 aliphatic heterocycles. The molecule has 2 rings (SSSR count). The maximum Gasteiger partial charge on any atom is 0.258 e. The number of hydrogen-bond acceptors (Lipinski definition) is 5. The molecule has 150 valence electrons. The van der Waals surface area contributed by atoms with Crippen molar-refractivity contribution in [2.24, 2.45) is 5.73 Å². The van der Waals surface area contributed by atoms with Crippen molar-refractivity contribution in [1.82, 2.24) is 5.32 Å². The van der Waals surface area contributed by atoms with E-state index in [4.69, 9.17) is 19.9 Å². The van der Waals surface area contributed by atoms with Crippen LogP contribution in [0.25, 0.3) is 0 Å². The van der Waals surface area contributed by atoms with Gasteiger partial charge in [0.15, 0.2) is 24.7 Å². The molecule has 0 aliphatic rings. The summed E-state index contributed by atoms with van der Waals surface area (Å²) in [5, 5.41) is 2.81. The summed E-state index contributed by atoms with van der Waals surface area (Å²) in [6.07, 6.45) is 0. The summed E-state index contributed by atoms with van der Waals surface area (Å²) < 4.78 is 16.2. The Balaban J connectivity index is 1.91. The fourth-order valence-electron chi connectivity index (χ4n) is 2.87. The molecule has 0 radical (unpaired) electrons. The fourth-order valence-corrected chi connectivity index (χ4v) is 2.87. The van der Waals surface area contributed by atoms with Gasteiger partial charge in [0.25, 0.3) is 11.8 Å². The van der Waals surface area contributed by atoms with Crippen molar-refractivity contribution in [3.8, 4) is 17.2 Å². The van der Waals surface area contributed by atoms with Gasteiger partial charge >= 0.3 is 0 Å². The van der Waals surface area contributed by atoms with Crippen LogP contribution in [-0.2, 0) is 16.1 Å². The van der Waals surface area contributed by atoms with Crippen molar-refractivity contribution < 1.29 is 23.8 Å². The molecule has 0 saturated carbocycles. The van der Waals surface area contributed by atoms with E-state index in [9.17, 15) is 9.59 Å². The first kappa shape index (κ1) is 21.1. The van der Waals surface area contributed by atoms with Gasteiger partial charge in [-0.2, -0.15) is 0 Å². The quantitative estimate of drug-likeness (QED) is 0.688. The van der Waals surface area contributed by atoms with Gasteiger partial charge in [0.05, 0.1) is 7.11 Å². The zero-order valence-electron chi connectivity index (χ0n) is 16.6. The number of ether oxygens (including phenoxy) is 3. The number of carbonyl (C=O) groups is 2. The second kappa shape index (κ2) is 9.64. The van der Waals surface area contributed by atoms with Gasteiger partial charge in [0, 0.05) is 6.54 Å². The molecule has 7 heteroatoms. The highest BCUT2D eigenvalue weighted by Crippen LogP contribution is 2.28. The molecule has 0 unspecified atom stereocenters. The van der Waals surface area contributed by atoms with Crippen LogP contribution in [0, 0.1) is 20.8 Å². The number of hydrogen-bond donors (Lipinski definition) is 2. The van der Waals surface area contributed by atoms with E-state index in [1.165, 1.54) is 7.11 Å². The smallest absolute Gasteiger partial charge is 0.258 e. The molecule has 0 heterocycles. The molecule has 2 aromatic carbocycles. The van der Waals surface area contributed by atoms with Gasteiger partial charge in [-0.3, -0.25) is 9.59 Å². The summed E-state index contributed by atoms with van der Waals surface area (Å²) >= 11 is 0. The number of nitrogens with two attached hydrogens (primary N) is 1. The normalized spacial score (nSPS) is 10.3. The predicted octanol–water partition coefficient (Wildman–Crippen LogP) is 2.18. The fraction of sp³-hybridized carbons (Fsp3) is 0.333. The van der Waals surface area contributed by atoms with Gasteiger partial charge in [-0.25, -0.2) is 0 Å². The third-order valence-electron chi connectivity index (χ3n) is 4.04. The third kappa shape index (κ3) is 5.90. The largest absolute Gasteiger partial charge is 0.493 e.